The zero-order valence-electron chi connectivity index (χ0n) is 10.3. The Morgan fingerprint density at radius 2 is 2.00 bits per heavy atom. The first-order chi connectivity index (χ1) is 7.81. The molecule has 0 amide bonds. The summed E-state index contributed by atoms with van der Waals surface area (Å²) < 4.78 is 16.0. The van der Waals surface area contributed by atoms with Crippen LogP contribution in [0.25, 0.3) is 0 Å². The van der Waals surface area contributed by atoms with Crippen molar-refractivity contribution in [2.45, 2.75) is 18.1 Å². The van der Waals surface area contributed by atoms with Gasteiger partial charge in [0, 0.05) is 0 Å². The third kappa shape index (κ3) is 4.09. The third-order valence-corrected chi connectivity index (χ3v) is 2.39. The van der Waals surface area contributed by atoms with E-state index in [4.69, 9.17) is 14.2 Å². The van der Waals surface area contributed by atoms with Crippen LogP contribution in [0.5, 0.6) is 11.5 Å². The number of rotatable bonds is 7. The summed E-state index contributed by atoms with van der Waals surface area (Å²) >= 11 is 2.15. The van der Waals surface area contributed by atoms with Gasteiger partial charge in [-0.05, 0) is 0 Å². The van der Waals surface area contributed by atoms with Crippen molar-refractivity contribution in [3.8, 4) is 11.5 Å². The van der Waals surface area contributed by atoms with Crippen molar-refractivity contribution in [3.63, 3.8) is 0 Å². The van der Waals surface area contributed by atoms with Crippen molar-refractivity contribution in [2.24, 2.45) is 0 Å². The maximum absolute atomic E-state index is 5.56. The van der Waals surface area contributed by atoms with E-state index in [-0.39, 0.29) is 0 Å². The quantitative estimate of drug-likeness (QED) is 0.516. The average Bonchev–Trinajstić information content (AvgIpc) is 2.34. The summed E-state index contributed by atoms with van der Waals surface area (Å²) in [6.07, 6.45) is 1.10. The Labute approximate surface area is 106 Å². The molecule has 3 nitrogen and oxygen atoms in total. The Hall–Kier alpha value is -0.623. The van der Waals surface area contributed by atoms with Crippen molar-refractivity contribution in [3.05, 3.63) is 23.8 Å². The topological polar surface area (TPSA) is 27.7 Å². The summed E-state index contributed by atoms with van der Waals surface area (Å²) in [6, 6.07) is 5.77. The van der Waals surface area contributed by atoms with Crippen LogP contribution in [0.15, 0.2) is 18.2 Å². The van der Waals surface area contributed by atoms with Gasteiger partial charge in [0.1, 0.15) is 0 Å². The average molecular weight is 216 g/mol. The van der Waals surface area contributed by atoms with E-state index in [1.165, 1.54) is 0 Å². The van der Waals surface area contributed by atoms with Gasteiger partial charge in [0.25, 0.3) is 0 Å². The van der Waals surface area contributed by atoms with Gasteiger partial charge >= 0.3 is 106 Å². The van der Waals surface area contributed by atoms with Gasteiger partial charge in [0.05, 0.1) is 0 Å². The minimum atomic E-state index is 0.590. The number of hydrogen-bond donors (Lipinski definition) is 0. The summed E-state index contributed by atoms with van der Waals surface area (Å²) in [5.74, 6) is 1.62. The fourth-order valence-electron chi connectivity index (χ4n) is 1.40. The number of methoxy groups -OCH3 is 2. The van der Waals surface area contributed by atoms with E-state index in [9.17, 15) is 0 Å². The van der Waals surface area contributed by atoms with E-state index < -0.39 is 0 Å². The van der Waals surface area contributed by atoms with Crippen LogP contribution in [0.4, 0.5) is 0 Å². The van der Waals surface area contributed by atoms with Gasteiger partial charge in [-0.3, -0.25) is 0 Å². The number of hydrogen-bond acceptors (Lipinski definition) is 3. The second-order valence-electron chi connectivity index (χ2n) is 3.58. The van der Waals surface area contributed by atoms with E-state index in [2.05, 4.69) is 17.7 Å². The summed E-state index contributed by atoms with van der Waals surface area (Å²) in [4.78, 5) is 0. The van der Waals surface area contributed by atoms with Crippen molar-refractivity contribution < 1.29 is 14.2 Å². The molecule has 0 radical (unpaired) electrons. The van der Waals surface area contributed by atoms with E-state index in [1.807, 2.05) is 18.2 Å². The molecule has 0 heterocycles. The first-order valence-corrected chi connectivity index (χ1v) is 5.60. The van der Waals surface area contributed by atoms with Gasteiger partial charge in [-0.25, -0.2) is 0 Å². The Balaban J connectivity index is 2.57. The summed E-state index contributed by atoms with van der Waals surface area (Å²) in [5, 5.41) is 1.15. The standard InChI is InChI=1S/C12H17O3.Li/c1-4-7-15-9-10-5-6-11(13-2)8-12(10)14-3;/h5-6,8H,1,4,7,9H2,2-3H3;. The SMILES string of the molecule is [Li][CH2]CCOCc1ccc(OC)cc1OC. The van der Waals surface area contributed by atoms with Crippen LogP contribution in [0.1, 0.15) is 12.0 Å². The molecule has 0 saturated carbocycles. The molecule has 1 aromatic rings. The molecule has 0 aromatic heterocycles. The summed E-state index contributed by atoms with van der Waals surface area (Å²) in [5.41, 5.74) is 1.06. The van der Waals surface area contributed by atoms with Crippen LogP contribution in [0, 0.1) is 0 Å². The molecular formula is C12H17LiO3. The molecule has 0 bridgehead atoms. The molecule has 1 aromatic carbocycles. The second kappa shape index (κ2) is 7.62. The first-order valence-electron chi connectivity index (χ1n) is 5.60. The molecule has 16 heavy (non-hydrogen) atoms. The Morgan fingerprint density at radius 1 is 1.19 bits per heavy atom. The Bertz CT molecular complexity index is 315. The zero-order chi connectivity index (χ0) is 11.8. The third-order valence-electron chi connectivity index (χ3n) is 2.39. The fraction of sp³-hybridized carbons (Fsp3) is 0.500. The molecule has 0 aliphatic rings. The predicted molar refractivity (Wildman–Crippen MR) is 64.4 cm³/mol. The normalized spacial score (nSPS) is 10.2. The second-order valence-corrected chi connectivity index (χ2v) is 3.58. The minimum absolute atomic E-state index is 0.590. The molecule has 0 fully saturated rings. The van der Waals surface area contributed by atoms with Crippen molar-refractivity contribution >= 4 is 17.7 Å². The van der Waals surface area contributed by atoms with Crippen molar-refractivity contribution in [1.29, 1.82) is 0 Å². The Morgan fingerprint density at radius 3 is 2.62 bits per heavy atom. The van der Waals surface area contributed by atoms with E-state index in [1.54, 1.807) is 14.2 Å². The molecule has 0 aliphatic carbocycles. The van der Waals surface area contributed by atoms with Gasteiger partial charge in [0.15, 0.2) is 0 Å². The number of benzene rings is 1. The fourth-order valence-corrected chi connectivity index (χ4v) is 1.40. The van der Waals surface area contributed by atoms with Gasteiger partial charge in [0.2, 0.25) is 0 Å². The summed E-state index contributed by atoms with van der Waals surface area (Å²) in [7, 11) is 3.30. The number of ether oxygens (including phenoxy) is 3. The first kappa shape index (κ1) is 13.4. The summed E-state index contributed by atoms with van der Waals surface area (Å²) in [6.45, 7) is 1.39. The predicted octanol–water partition coefficient (Wildman–Crippen LogP) is 2.20. The van der Waals surface area contributed by atoms with Crippen molar-refractivity contribution in [2.75, 3.05) is 20.8 Å². The van der Waals surface area contributed by atoms with Crippen LogP contribution in [0.3, 0.4) is 0 Å². The van der Waals surface area contributed by atoms with Crippen LogP contribution in [0.2, 0.25) is 5.09 Å². The molecule has 84 valence electrons. The molecule has 4 heteroatoms. The molecule has 1 rings (SSSR count). The van der Waals surface area contributed by atoms with Crippen LogP contribution >= 0.6 is 0 Å². The van der Waals surface area contributed by atoms with Crippen LogP contribution < -0.4 is 9.47 Å². The molecule has 0 spiro atoms. The molecule has 0 saturated heterocycles. The van der Waals surface area contributed by atoms with Crippen LogP contribution in [-0.4, -0.2) is 38.5 Å². The maximum atomic E-state index is 5.56. The monoisotopic (exact) mass is 216 g/mol. The van der Waals surface area contributed by atoms with Gasteiger partial charge in [-0.1, -0.05) is 0 Å². The van der Waals surface area contributed by atoms with Crippen LogP contribution in [-0.2, 0) is 11.3 Å². The molecule has 0 aliphatic heterocycles. The van der Waals surface area contributed by atoms with E-state index in [0.717, 1.165) is 35.2 Å². The van der Waals surface area contributed by atoms with Crippen molar-refractivity contribution in [1.82, 2.24) is 0 Å². The zero-order valence-corrected chi connectivity index (χ0v) is 10.3. The van der Waals surface area contributed by atoms with E-state index >= 15 is 0 Å². The molecule has 0 unspecified atom stereocenters. The van der Waals surface area contributed by atoms with Gasteiger partial charge in [-0.2, -0.15) is 0 Å². The van der Waals surface area contributed by atoms with Gasteiger partial charge in [-0.15, -0.1) is 0 Å². The molecule has 0 atom stereocenters. The Kier molecular flexibility index (Phi) is 6.40. The molecular weight excluding hydrogens is 199 g/mol. The van der Waals surface area contributed by atoms with Gasteiger partial charge < -0.3 is 0 Å². The molecule has 0 N–H and O–H groups in total. The van der Waals surface area contributed by atoms with E-state index in [0.29, 0.717) is 6.61 Å².